The molecule has 0 aliphatic heterocycles. The molecule has 0 atom stereocenters. The average Bonchev–Trinajstić information content (AvgIpc) is 1.99. The lowest BCUT2D eigenvalue weighted by Gasteiger charge is -2.09. The number of hydrogen-bond acceptors (Lipinski definition) is 4. The van der Waals surface area contributed by atoms with E-state index in [-0.39, 0.29) is 11.4 Å². The van der Waals surface area contributed by atoms with Crippen LogP contribution in [0.3, 0.4) is 0 Å². The summed E-state index contributed by atoms with van der Waals surface area (Å²) in [4.78, 5) is 27.7. The van der Waals surface area contributed by atoms with Gasteiger partial charge in [-0.05, 0) is 19.1 Å². The normalized spacial score (nSPS) is 11.1. The van der Waals surface area contributed by atoms with Crippen LogP contribution < -0.4 is 4.52 Å². The summed E-state index contributed by atoms with van der Waals surface area (Å²) in [6, 6.07) is 3.81. The van der Waals surface area contributed by atoms with E-state index in [1.807, 2.05) is 0 Å². The number of rotatable bonds is 3. The van der Waals surface area contributed by atoms with Gasteiger partial charge in [-0.25, -0.2) is 0 Å². The van der Waals surface area contributed by atoms with Crippen molar-refractivity contribution in [2.45, 2.75) is 6.92 Å². The molecule has 0 fully saturated rings. The van der Waals surface area contributed by atoms with Crippen molar-refractivity contribution in [3.05, 3.63) is 33.9 Å². The maximum Gasteiger partial charge on any atom is 0.375 e. The Balaban J connectivity index is 3.02. The quantitative estimate of drug-likeness (QED) is 0.479. The Hall–Kier alpha value is -1.01. The molecule has 6 nitrogen and oxygen atoms in total. The molecule has 0 aromatic heterocycles. The summed E-state index contributed by atoms with van der Waals surface area (Å²) in [5, 5.41) is 10.5. The SMILES string of the molecule is Cc1cc(OP(O)(O)=S)ccc1[N+](=O)[O-]. The molecular formula is C7H8NO5PS. The van der Waals surface area contributed by atoms with Gasteiger partial charge in [0.1, 0.15) is 5.75 Å². The summed E-state index contributed by atoms with van der Waals surface area (Å²) in [6.45, 7) is -2.27. The molecule has 0 bridgehead atoms. The monoisotopic (exact) mass is 249 g/mol. The van der Waals surface area contributed by atoms with Gasteiger partial charge in [0.2, 0.25) is 0 Å². The Kier molecular flexibility index (Phi) is 3.41. The lowest BCUT2D eigenvalue weighted by Crippen LogP contribution is -1.94. The van der Waals surface area contributed by atoms with Crippen LogP contribution in [0.1, 0.15) is 5.56 Å². The summed E-state index contributed by atoms with van der Waals surface area (Å²) in [5.74, 6) is 0.103. The molecule has 1 aromatic carbocycles. The number of nitro benzene ring substituents is 1. The van der Waals surface area contributed by atoms with Gasteiger partial charge in [0.05, 0.1) is 4.92 Å². The van der Waals surface area contributed by atoms with E-state index in [1.165, 1.54) is 25.1 Å². The Morgan fingerprint density at radius 1 is 1.53 bits per heavy atom. The van der Waals surface area contributed by atoms with E-state index in [1.54, 1.807) is 0 Å². The van der Waals surface area contributed by atoms with Crippen LogP contribution in [0.5, 0.6) is 5.75 Å². The minimum atomic E-state index is -3.78. The smallest absolute Gasteiger partial charge is 0.375 e. The molecule has 2 N–H and O–H groups in total. The first kappa shape index (κ1) is 12.1. The van der Waals surface area contributed by atoms with Crippen LogP contribution in [0.2, 0.25) is 0 Å². The summed E-state index contributed by atoms with van der Waals surface area (Å²) in [5.41, 5.74) is 0.299. The Morgan fingerprint density at radius 2 is 2.13 bits per heavy atom. The van der Waals surface area contributed by atoms with Crippen LogP contribution in [0, 0.1) is 17.0 Å². The zero-order chi connectivity index (χ0) is 11.6. The second kappa shape index (κ2) is 4.24. The maximum absolute atomic E-state index is 10.5. The van der Waals surface area contributed by atoms with Crippen LogP contribution >= 0.6 is 6.72 Å². The van der Waals surface area contributed by atoms with Gasteiger partial charge in [0.15, 0.2) is 0 Å². The van der Waals surface area contributed by atoms with Crippen molar-refractivity contribution in [3.63, 3.8) is 0 Å². The first-order chi connectivity index (χ1) is 6.79. The third kappa shape index (κ3) is 3.56. The van der Waals surface area contributed by atoms with Crippen molar-refractivity contribution >= 4 is 24.2 Å². The number of benzene rings is 1. The van der Waals surface area contributed by atoms with E-state index in [0.717, 1.165) is 0 Å². The lowest BCUT2D eigenvalue weighted by atomic mass is 10.2. The molecule has 0 spiro atoms. The molecule has 0 amide bonds. The van der Waals surface area contributed by atoms with Crippen LogP contribution in [0.4, 0.5) is 5.69 Å². The number of hydrogen-bond donors (Lipinski definition) is 2. The summed E-state index contributed by atoms with van der Waals surface area (Å²) >= 11 is 4.26. The van der Waals surface area contributed by atoms with Crippen molar-refractivity contribution in [1.29, 1.82) is 0 Å². The Labute approximate surface area is 90.5 Å². The van der Waals surface area contributed by atoms with Crippen molar-refractivity contribution in [3.8, 4) is 5.75 Å². The predicted octanol–water partition coefficient (Wildman–Crippen LogP) is 1.49. The van der Waals surface area contributed by atoms with E-state index in [9.17, 15) is 10.1 Å². The molecular weight excluding hydrogens is 241 g/mol. The van der Waals surface area contributed by atoms with Gasteiger partial charge in [-0.15, -0.1) is 0 Å². The topological polar surface area (TPSA) is 92.8 Å². The molecule has 0 aliphatic rings. The third-order valence-electron chi connectivity index (χ3n) is 1.59. The van der Waals surface area contributed by atoms with E-state index in [4.69, 9.17) is 9.79 Å². The highest BCUT2D eigenvalue weighted by Crippen LogP contribution is 2.38. The van der Waals surface area contributed by atoms with Crippen LogP contribution in [-0.2, 0) is 11.8 Å². The van der Waals surface area contributed by atoms with E-state index in [2.05, 4.69) is 16.3 Å². The fourth-order valence-corrected chi connectivity index (χ4v) is 1.67. The lowest BCUT2D eigenvalue weighted by molar-refractivity contribution is -0.385. The van der Waals surface area contributed by atoms with Gasteiger partial charge in [0.25, 0.3) is 5.69 Å². The molecule has 0 saturated carbocycles. The molecule has 82 valence electrons. The van der Waals surface area contributed by atoms with Gasteiger partial charge in [0, 0.05) is 23.4 Å². The molecule has 0 radical (unpaired) electrons. The van der Waals surface area contributed by atoms with Gasteiger partial charge >= 0.3 is 6.72 Å². The van der Waals surface area contributed by atoms with Crippen molar-refractivity contribution in [2.24, 2.45) is 0 Å². The molecule has 1 rings (SSSR count). The first-order valence-electron chi connectivity index (χ1n) is 3.80. The van der Waals surface area contributed by atoms with E-state index < -0.39 is 11.6 Å². The summed E-state index contributed by atoms with van der Waals surface area (Å²) < 4.78 is 4.63. The Morgan fingerprint density at radius 3 is 2.53 bits per heavy atom. The van der Waals surface area contributed by atoms with Crippen LogP contribution in [0.25, 0.3) is 0 Å². The predicted molar refractivity (Wildman–Crippen MR) is 57.2 cm³/mol. The largest absolute Gasteiger partial charge is 0.424 e. The molecule has 0 unspecified atom stereocenters. The molecule has 0 heterocycles. The van der Waals surface area contributed by atoms with Gasteiger partial charge < -0.3 is 14.3 Å². The van der Waals surface area contributed by atoms with E-state index >= 15 is 0 Å². The molecule has 15 heavy (non-hydrogen) atoms. The maximum atomic E-state index is 10.5. The van der Waals surface area contributed by atoms with Gasteiger partial charge in [-0.1, -0.05) is 0 Å². The molecule has 8 heteroatoms. The minimum Gasteiger partial charge on any atom is -0.424 e. The first-order valence-corrected chi connectivity index (χ1v) is 6.42. The number of nitro groups is 1. The van der Waals surface area contributed by atoms with Gasteiger partial charge in [-0.3, -0.25) is 10.1 Å². The van der Waals surface area contributed by atoms with Crippen LogP contribution in [-0.4, -0.2) is 14.7 Å². The third-order valence-corrected chi connectivity index (χ3v) is 2.26. The molecule has 0 aliphatic carbocycles. The standard InChI is InChI=1S/C7H8NO5PS/c1-5-4-6(13-14(11,12)15)2-3-7(5)8(9)10/h2-4H,1H3,(H2,11,12,15). The molecule has 0 saturated heterocycles. The fourth-order valence-electron chi connectivity index (χ4n) is 1.03. The van der Waals surface area contributed by atoms with Crippen molar-refractivity contribution < 1.29 is 19.2 Å². The fraction of sp³-hybridized carbons (Fsp3) is 0.143. The average molecular weight is 249 g/mol. The summed E-state index contributed by atoms with van der Waals surface area (Å²) in [7, 11) is 0. The van der Waals surface area contributed by atoms with Crippen LogP contribution in [0.15, 0.2) is 18.2 Å². The summed E-state index contributed by atoms with van der Waals surface area (Å²) in [6.07, 6.45) is 0. The highest BCUT2D eigenvalue weighted by Gasteiger charge is 2.14. The highest BCUT2D eigenvalue weighted by molar-refractivity contribution is 8.06. The second-order valence-corrected chi connectivity index (χ2v) is 5.38. The van der Waals surface area contributed by atoms with E-state index in [0.29, 0.717) is 5.56 Å². The molecule has 1 aromatic rings. The second-order valence-electron chi connectivity index (χ2n) is 2.79. The highest BCUT2D eigenvalue weighted by atomic mass is 32.5. The van der Waals surface area contributed by atoms with Crippen molar-refractivity contribution in [2.75, 3.05) is 0 Å². The zero-order valence-corrected chi connectivity index (χ0v) is 9.36. The zero-order valence-electron chi connectivity index (χ0n) is 7.65. The number of aryl methyl sites for hydroxylation is 1. The minimum absolute atomic E-state index is 0.0634. The van der Waals surface area contributed by atoms with Gasteiger partial charge in [-0.2, -0.15) is 0 Å². The Bertz CT molecular complexity index is 443. The van der Waals surface area contributed by atoms with Crippen molar-refractivity contribution in [1.82, 2.24) is 0 Å². The number of nitrogens with zero attached hydrogens (tertiary/aromatic N) is 1.